The van der Waals surface area contributed by atoms with Crippen molar-refractivity contribution in [1.82, 2.24) is 5.32 Å². The molecule has 0 unspecified atom stereocenters. The third-order valence-electron chi connectivity index (χ3n) is 2.13. The lowest BCUT2D eigenvalue weighted by atomic mass is 10.2. The van der Waals surface area contributed by atoms with Crippen LogP contribution in [0.25, 0.3) is 0 Å². The summed E-state index contributed by atoms with van der Waals surface area (Å²) >= 11 is 0. The van der Waals surface area contributed by atoms with Gasteiger partial charge in [0.25, 0.3) is 5.91 Å². The van der Waals surface area contributed by atoms with Gasteiger partial charge in [0.1, 0.15) is 6.54 Å². The normalized spacial score (nSPS) is 10.6. The van der Waals surface area contributed by atoms with Crippen molar-refractivity contribution >= 4 is 11.6 Å². The number of halogens is 3. The van der Waals surface area contributed by atoms with Gasteiger partial charge in [-0.3, -0.25) is 14.9 Å². The maximum absolute atomic E-state index is 11.9. The minimum atomic E-state index is -4.56. The number of nitriles is 1. The zero-order valence-corrected chi connectivity index (χ0v) is 10.3. The zero-order chi connectivity index (χ0) is 16.0. The van der Waals surface area contributed by atoms with Crippen molar-refractivity contribution < 1.29 is 27.6 Å². The number of nitro benzene ring substituents is 1. The van der Waals surface area contributed by atoms with Crippen molar-refractivity contribution in [3.05, 3.63) is 33.9 Å². The Kier molecular flexibility index (Phi) is 5.06. The third-order valence-corrected chi connectivity index (χ3v) is 2.13. The highest BCUT2D eigenvalue weighted by molar-refractivity contribution is 5.77. The molecular weight excluding hydrogens is 295 g/mol. The van der Waals surface area contributed by atoms with Crippen molar-refractivity contribution in [2.24, 2.45) is 0 Å². The summed E-state index contributed by atoms with van der Waals surface area (Å²) in [7, 11) is 0. The molecule has 1 rings (SSSR count). The average molecular weight is 303 g/mol. The Labute approximate surface area is 116 Å². The van der Waals surface area contributed by atoms with E-state index in [0.29, 0.717) is 0 Å². The average Bonchev–Trinajstić information content (AvgIpc) is 2.41. The van der Waals surface area contributed by atoms with Gasteiger partial charge in [0.15, 0.2) is 12.4 Å². The molecule has 1 N–H and O–H groups in total. The van der Waals surface area contributed by atoms with Crippen LogP contribution in [-0.4, -0.2) is 30.2 Å². The summed E-state index contributed by atoms with van der Waals surface area (Å²) in [5.41, 5.74) is -0.548. The number of hydrogen-bond donors (Lipinski definition) is 1. The number of benzene rings is 1. The number of nitrogens with zero attached hydrogens (tertiary/aromatic N) is 2. The number of hydrogen-bond acceptors (Lipinski definition) is 5. The molecule has 7 nitrogen and oxygen atoms in total. The molecule has 0 radical (unpaired) electrons. The van der Waals surface area contributed by atoms with Crippen LogP contribution < -0.4 is 10.1 Å². The smallest absolute Gasteiger partial charge is 0.405 e. The van der Waals surface area contributed by atoms with E-state index in [1.54, 1.807) is 11.4 Å². The molecule has 0 aromatic heterocycles. The minimum Gasteiger partial charge on any atom is -0.477 e. The molecule has 0 saturated carbocycles. The Balaban J connectivity index is 2.69. The van der Waals surface area contributed by atoms with Crippen LogP contribution in [-0.2, 0) is 4.79 Å². The van der Waals surface area contributed by atoms with Crippen LogP contribution in [0.5, 0.6) is 5.75 Å². The Morgan fingerprint density at radius 2 is 2.14 bits per heavy atom. The number of amides is 1. The summed E-state index contributed by atoms with van der Waals surface area (Å²) in [6, 6.07) is 4.93. The lowest BCUT2D eigenvalue weighted by molar-refractivity contribution is -0.385. The van der Waals surface area contributed by atoms with Crippen molar-refractivity contribution in [2.45, 2.75) is 6.18 Å². The van der Waals surface area contributed by atoms with Crippen molar-refractivity contribution in [2.75, 3.05) is 13.2 Å². The number of nitro groups is 1. The molecule has 21 heavy (non-hydrogen) atoms. The SMILES string of the molecule is N#Cc1ccc(OCC(=O)NCC(F)(F)F)c([N+](=O)[O-])c1. The van der Waals surface area contributed by atoms with Gasteiger partial charge < -0.3 is 10.1 Å². The number of carbonyl (C=O) groups excluding carboxylic acids is 1. The van der Waals surface area contributed by atoms with E-state index in [9.17, 15) is 28.1 Å². The van der Waals surface area contributed by atoms with Gasteiger partial charge in [-0.05, 0) is 12.1 Å². The van der Waals surface area contributed by atoms with Crippen molar-refractivity contribution in [3.8, 4) is 11.8 Å². The first kappa shape index (κ1) is 16.2. The largest absolute Gasteiger partial charge is 0.477 e. The molecular formula is C11H8F3N3O4. The van der Waals surface area contributed by atoms with Crippen molar-refractivity contribution in [3.63, 3.8) is 0 Å². The summed E-state index contributed by atoms with van der Waals surface area (Å²) in [4.78, 5) is 21.0. The van der Waals surface area contributed by atoms with E-state index in [1.165, 1.54) is 6.07 Å². The quantitative estimate of drug-likeness (QED) is 0.656. The van der Waals surface area contributed by atoms with Gasteiger partial charge in [-0.2, -0.15) is 18.4 Å². The molecule has 0 aliphatic rings. The highest BCUT2D eigenvalue weighted by Gasteiger charge is 2.27. The molecule has 10 heteroatoms. The Bertz CT molecular complexity index is 595. The van der Waals surface area contributed by atoms with E-state index in [4.69, 9.17) is 10.00 Å². The maximum Gasteiger partial charge on any atom is 0.405 e. The van der Waals surface area contributed by atoms with Gasteiger partial charge in [-0.25, -0.2) is 0 Å². The summed E-state index contributed by atoms with van der Waals surface area (Å²) in [5, 5.41) is 20.9. The van der Waals surface area contributed by atoms with Crippen LogP contribution in [0.15, 0.2) is 18.2 Å². The topological polar surface area (TPSA) is 105 Å². The second kappa shape index (κ2) is 6.56. The molecule has 0 atom stereocenters. The zero-order valence-electron chi connectivity index (χ0n) is 10.3. The molecule has 1 amide bonds. The highest BCUT2D eigenvalue weighted by Crippen LogP contribution is 2.27. The first-order valence-corrected chi connectivity index (χ1v) is 5.37. The van der Waals surface area contributed by atoms with Crippen molar-refractivity contribution in [1.29, 1.82) is 5.26 Å². The summed E-state index contributed by atoms with van der Waals surface area (Å²) in [5.74, 6) is -1.40. The molecule has 0 aliphatic carbocycles. The number of nitrogens with one attached hydrogen (secondary N) is 1. The van der Waals surface area contributed by atoms with Crippen LogP contribution in [0.2, 0.25) is 0 Å². The molecule has 0 fully saturated rings. The minimum absolute atomic E-state index is 0.00979. The lowest BCUT2D eigenvalue weighted by Gasteiger charge is -2.09. The van der Waals surface area contributed by atoms with Crippen LogP contribution in [0.4, 0.5) is 18.9 Å². The van der Waals surface area contributed by atoms with E-state index in [0.717, 1.165) is 12.1 Å². The molecule has 1 aromatic rings. The molecule has 0 aliphatic heterocycles. The number of carbonyl (C=O) groups is 1. The van der Waals surface area contributed by atoms with E-state index in [1.807, 2.05) is 0 Å². The third kappa shape index (κ3) is 5.35. The Hall–Kier alpha value is -2.83. The summed E-state index contributed by atoms with van der Waals surface area (Å²) in [6.07, 6.45) is -4.56. The fourth-order valence-corrected chi connectivity index (χ4v) is 1.24. The van der Waals surface area contributed by atoms with Crippen LogP contribution >= 0.6 is 0 Å². The fourth-order valence-electron chi connectivity index (χ4n) is 1.24. The van der Waals surface area contributed by atoms with Crippen LogP contribution in [0, 0.1) is 21.4 Å². The molecule has 0 spiro atoms. The number of rotatable bonds is 5. The monoisotopic (exact) mass is 303 g/mol. The van der Waals surface area contributed by atoms with Crippen LogP contribution in [0.1, 0.15) is 5.56 Å². The highest BCUT2D eigenvalue weighted by atomic mass is 19.4. The lowest BCUT2D eigenvalue weighted by Crippen LogP contribution is -2.36. The van der Waals surface area contributed by atoms with E-state index in [2.05, 4.69) is 0 Å². The van der Waals surface area contributed by atoms with Crippen LogP contribution in [0.3, 0.4) is 0 Å². The predicted octanol–water partition coefficient (Wildman–Crippen LogP) is 1.52. The number of ether oxygens (including phenoxy) is 1. The number of alkyl halides is 3. The maximum atomic E-state index is 11.9. The van der Waals surface area contributed by atoms with E-state index >= 15 is 0 Å². The van der Waals surface area contributed by atoms with Gasteiger partial charge >= 0.3 is 11.9 Å². The first-order valence-electron chi connectivity index (χ1n) is 5.37. The van der Waals surface area contributed by atoms with E-state index < -0.39 is 35.8 Å². The predicted molar refractivity (Wildman–Crippen MR) is 62.4 cm³/mol. The second-order valence-corrected chi connectivity index (χ2v) is 3.73. The fraction of sp³-hybridized carbons (Fsp3) is 0.273. The van der Waals surface area contributed by atoms with Gasteiger partial charge in [-0.15, -0.1) is 0 Å². The molecule has 0 heterocycles. The van der Waals surface area contributed by atoms with Gasteiger partial charge in [-0.1, -0.05) is 0 Å². The van der Waals surface area contributed by atoms with Gasteiger partial charge in [0.05, 0.1) is 16.6 Å². The molecule has 112 valence electrons. The standard InChI is InChI=1S/C11H8F3N3O4/c12-11(13,14)6-16-10(18)5-21-9-2-1-7(4-15)3-8(9)17(19)20/h1-3H,5-6H2,(H,16,18). The summed E-state index contributed by atoms with van der Waals surface area (Å²) < 4.78 is 40.4. The second-order valence-electron chi connectivity index (χ2n) is 3.73. The molecule has 0 bridgehead atoms. The summed E-state index contributed by atoms with van der Waals surface area (Å²) in [6.45, 7) is -2.34. The Morgan fingerprint density at radius 3 is 2.67 bits per heavy atom. The first-order chi connectivity index (χ1) is 9.73. The Morgan fingerprint density at radius 1 is 1.48 bits per heavy atom. The van der Waals surface area contributed by atoms with Gasteiger partial charge in [0, 0.05) is 6.07 Å². The van der Waals surface area contributed by atoms with E-state index in [-0.39, 0.29) is 11.3 Å². The molecule has 1 aromatic carbocycles. The molecule has 0 saturated heterocycles. The van der Waals surface area contributed by atoms with Gasteiger partial charge in [0.2, 0.25) is 0 Å².